The number of aliphatic hydroxyl groups excluding tert-OH is 1. The van der Waals surface area contributed by atoms with Gasteiger partial charge in [0.15, 0.2) is 0 Å². The van der Waals surface area contributed by atoms with Crippen LogP contribution in [0.15, 0.2) is 50.2 Å². The summed E-state index contributed by atoms with van der Waals surface area (Å²) >= 11 is 0. The lowest BCUT2D eigenvalue weighted by molar-refractivity contribution is 0.390. The fourth-order valence-electron chi connectivity index (χ4n) is 1.62. The summed E-state index contributed by atoms with van der Waals surface area (Å²) in [4.78, 5) is 0.122. The molecule has 0 bridgehead atoms. The minimum Gasteiger partial charge on any atom is -0.509 e. The smallest absolute Gasteiger partial charge is 0.229 e. The number of hydrogen-bond donors (Lipinski definition) is 2. The minimum atomic E-state index is -3.84. The van der Waals surface area contributed by atoms with Crippen LogP contribution >= 0.6 is 0 Å². The number of benzene rings is 1. The van der Waals surface area contributed by atoms with Crippen molar-refractivity contribution >= 4 is 16.2 Å². The number of nitrogens with one attached hydrogen (secondary N) is 1. The lowest BCUT2D eigenvalue weighted by atomic mass is 10.1. The van der Waals surface area contributed by atoms with E-state index in [0.717, 1.165) is 0 Å². The Balaban J connectivity index is 2.65. The van der Waals surface area contributed by atoms with E-state index in [1.165, 1.54) is 6.07 Å². The van der Waals surface area contributed by atoms with Crippen LogP contribution in [0, 0.1) is 5.41 Å². The monoisotopic (exact) mass is 251 g/mol. The van der Waals surface area contributed by atoms with Crippen LogP contribution in [0.5, 0.6) is 0 Å². The molecule has 1 aliphatic heterocycles. The predicted molar refractivity (Wildman–Crippen MR) is 60.6 cm³/mol. The van der Waals surface area contributed by atoms with Crippen LogP contribution in [0.4, 0.5) is 0 Å². The molecule has 0 aliphatic carbocycles. The maximum absolute atomic E-state index is 12.1. The molecule has 7 heteroatoms. The Kier molecular flexibility index (Phi) is 2.76. The molecule has 1 heterocycles. The highest BCUT2D eigenvalue weighted by Crippen LogP contribution is 2.32. The zero-order chi connectivity index (χ0) is 12.5. The minimum absolute atomic E-state index is 0.0990. The van der Waals surface area contributed by atoms with Gasteiger partial charge in [0.2, 0.25) is 14.9 Å². The average Bonchev–Trinajstić information content (AvgIpc) is 2.28. The molecule has 17 heavy (non-hydrogen) atoms. The molecule has 6 nitrogen and oxygen atoms in total. The first kappa shape index (κ1) is 11.5. The van der Waals surface area contributed by atoms with E-state index < -0.39 is 14.9 Å². The zero-order valence-electron chi connectivity index (χ0n) is 8.66. The van der Waals surface area contributed by atoms with Crippen LogP contribution in [0.2, 0.25) is 0 Å². The summed E-state index contributed by atoms with van der Waals surface area (Å²) in [5, 5.41) is 22.4. The molecule has 0 atom stereocenters. The van der Waals surface area contributed by atoms with Crippen LogP contribution in [0.1, 0.15) is 5.56 Å². The molecular formula is C10H9N3O3S. The summed E-state index contributed by atoms with van der Waals surface area (Å²) in [6.45, 7) is 0. The summed E-state index contributed by atoms with van der Waals surface area (Å²) in [6, 6.07) is 6.39. The van der Waals surface area contributed by atoms with Gasteiger partial charge in [-0.1, -0.05) is 18.2 Å². The number of nitrogens with zero attached hydrogens (tertiary/aromatic N) is 2. The van der Waals surface area contributed by atoms with Crippen molar-refractivity contribution in [1.29, 1.82) is 5.41 Å². The standard InChI is InChI=1S/C10H9N3O3S/c11-6-12-13-10-8(14)5-7-3-1-2-4-9(7)17(10,15)16/h1-4,6,11,14H,5H2. The highest BCUT2D eigenvalue weighted by Gasteiger charge is 2.32. The molecule has 0 fully saturated rings. The number of hydrogen-bond acceptors (Lipinski definition) is 5. The van der Waals surface area contributed by atoms with E-state index in [0.29, 0.717) is 11.9 Å². The molecule has 0 saturated heterocycles. The van der Waals surface area contributed by atoms with Crippen molar-refractivity contribution in [3.8, 4) is 0 Å². The van der Waals surface area contributed by atoms with Crippen molar-refractivity contribution in [1.82, 2.24) is 0 Å². The summed E-state index contributed by atoms with van der Waals surface area (Å²) in [7, 11) is -3.84. The molecule has 0 radical (unpaired) electrons. The third-order valence-electron chi connectivity index (χ3n) is 2.33. The molecule has 2 N–H and O–H groups in total. The molecule has 0 aromatic heterocycles. The normalized spacial score (nSPS) is 18.1. The van der Waals surface area contributed by atoms with E-state index in [9.17, 15) is 13.5 Å². The lowest BCUT2D eigenvalue weighted by Crippen LogP contribution is -2.15. The molecule has 0 spiro atoms. The van der Waals surface area contributed by atoms with Crippen LogP contribution in [-0.4, -0.2) is 19.9 Å². The number of fused-ring (bicyclic) bond motifs is 1. The second-order valence-electron chi connectivity index (χ2n) is 3.38. The van der Waals surface area contributed by atoms with Crippen molar-refractivity contribution < 1.29 is 13.5 Å². The highest BCUT2D eigenvalue weighted by molar-refractivity contribution is 7.95. The van der Waals surface area contributed by atoms with Crippen molar-refractivity contribution in [3.63, 3.8) is 0 Å². The highest BCUT2D eigenvalue weighted by atomic mass is 32.2. The Morgan fingerprint density at radius 1 is 1.35 bits per heavy atom. The summed E-state index contributed by atoms with van der Waals surface area (Å²) in [5.74, 6) is -0.352. The quantitative estimate of drug-likeness (QED) is 0.475. The largest absolute Gasteiger partial charge is 0.509 e. The molecule has 2 rings (SSSR count). The van der Waals surface area contributed by atoms with Crippen molar-refractivity contribution in [2.45, 2.75) is 11.3 Å². The van der Waals surface area contributed by atoms with Crippen LogP contribution < -0.4 is 0 Å². The van der Waals surface area contributed by atoms with Gasteiger partial charge in [-0.2, -0.15) is 0 Å². The fourth-order valence-corrected chi connectivity index (χ4v) is 3.11. The lowest BCUT2D eigenvalue weighted by Gasteiger charge is -2.16. The Morgan fingerprint density at radius 2 is 2.06 bits per heavy atom. The van der Waals surface area contributed by atoms with Crippen molar-refractivity contribution in [2.24, 2.45) is 10.2 Å². The number of azo groups is 1. The second-order valence-corrected chi connectivity index (χ2v) is 5.22. The van der Waals surface area contributed by atoms with Crippen LogP contribution in [0.3, 0.4) is 0 Å². The molecule has 0 amide bonds. The molecule has 1 aliphatic rings. The maximum atomic E-state index is 12.1. The first-order valence-corrected chi connectivity index (χ1v) is 6.20. The third-order valence-corrected chi connectivity index (χ3v) is 4.13. The molecule has 0 saturated carbocycles. The average molecular weight is 251 g/mol. The predicted octanol–water partition coefficient (Wildman–Crippen LogP) is 1.80. The van der Waals surface area contributed by atoms with Gasteiger partial charge in [-0.15, -0.1) is 10.2 Å². The van der Waals surface area contributed by atoms with E-state index >= 15 is 0 Å². The number of allylic oxidation sites excluding steroid dienone is 1. The number of rotatable bonds is 2. The number of aliphatic hydroxyl groups is 1. The van der Waals surface area contributed by atoms with Crippen LogP contribution in [-0.2, 0) is 16.3 Å². The number of sulfone groups is 1. The maximum Gasteiger partial charge on any atom is 0.229 e. The van der Waals surface area contributed by atoms with Gasteiger partial charge in [0, 0.05) is 6.42 Å². The van der Waals surface area contributed by atoms with E-state index in [4.69, 9.17) is 5.41 Å². The van der Waals surface area contributed by atoms with E-state index in [1.54, 1.807) is 18.2 Å². The van der Waals surface area contributed by atoms with Gasteiger partial charge >= 0.3 is 0 Å². The Morgan fingerprint density at radius 3 is 2.76 bits per heavy atom. The zero-order valence-corrected chi connectivity index (χ0v) is 9.48. The van der Waals surface area contributed by atoms with Gasteiger partial charge in [0.25, 0.3) is 0 Å². The molecule has 0 unspecified atom stereocenters. The molecule has 1 aromatic carbocycles. The van der Waals surface area contributed by atoms with Gasteiger partial charge in [0.1, 0.15) is 12.1 Å². The van der Waals surface area contributed by atoms with Gasteiger partial charge in [-0.25, -0.2) is 8.42 Å². The second kappa shape index (κ2) is 4.10. The van der Waals surface area contributed by atoms with E-state index in [1.807, 2.05) is 0 Å². The molecule has 1 aromatic rings. The first-order chi connectivity index (χ1) is 8.07. The molecule has 88 valence electrons. The van der Waals surface area contributed by atoms with E-state index in [2.05, 4.69) is 10.2 Å². The Labute approximate surface area is 97.7 Å². The third kappa shape index (κ3) is 1.84. The Bertz CT molecular complexity index is 632. The summed E-state index contributed by atoms with van der Waals surface area (Å²) in [5.41, 5.74) is 0.527. The Hall–Kier alpha value is -2.02. The molecular weight excluding hydrogens is 242 g/mol. The van der Waals surface area contributed by atoms with Gasteiger partial charge in [0.05, 0.1) is 4.90 Å². The van der Waals surface area contributed by atoms with Crippen molar-refractivity contribution in [2.75, 3.05) is 0 Å². The van der Waals surface area contributed by atoms with Gasteiger partial charge in [-0.05, 0) is 11.6 Å². The van der Waals surface area contributed by atoms with Crippen molar-refractivity contribution in [3.05, 3.63) is 40.6 Å². The topological polar surface area (TPSA) is 103 Å². The summed E-state index contributed by atoms with van der Waals surface area (Å²) < 4.78 is 24.1. The van der Waals surface area contributed by atoms with Gasteiger partial charge < -0.3 is 5.11 Å². The summed E-state index contributed by atoms with van der Waals surface area (Å²) in [6.07, 6.45) is 0.706. The van der Waals surface area contributed by atoms with Gasteiger partial charge in [-0.3, -0.25) is 5.41 Å². The first-order valence-electron chi connectivity index (χ1n) is 4.72. The van der Waals surface area contributed by atoms with Crippen LogP contribution in [0.25, 0.3) is 0 Å². The van der Waals surface area contributed by atoms with E-state index in [-0.39, 0.29) is 17.1 Å². The fraction of sp³-hybridized carbons (Fsp3) is 0.100. The SMILES string of the molecule is N=CN=NC1=C(O)Cc2ccccc2S1(=O)=O.